The normalized spacial score (nSPS) is 11.9. The quantitative estimate of drug-likeness (QED) is 0.619. The monoisotopic (exact) mass is 412 g/mol. The van der Waals surface area contributed by atoms with Gasteiger partial charge in [0.1, 0.15) is 6.04 Å². The fourth-order valence-electron chi connectivity index (χ4n) is 2.72. The number of rotatable bonds is 7. The van der Waals surface area contributed by atoms with Gasteiger partial charge in [-0.05, 0) is 29.7 Å². The first-order valence-corrected chi connectivity index (χ1v) is 9.52. The zero-order valence-electron chi connectivity index (χ0n) is 16.1. The minimum atomic E-state index is -0.723. The van der Waals surface area contributed by atoms with Crippen LogP contribution in [-0.2, 0) is 11.3 Å². The van der Waals surface area contributed by atoms with E-state index in [0.29, 0.717) is 22.9 Å². The van der Waals surface area contributed by atoms with Crippen LogP contribution >= 0.6 is 11.6 Å². The molecule has 150 valence electrons. The predicted octanol–water partition coefficient (Wildman–Crippen LogP) is 3.46. The Bertz CT molecular complexity index is 988. The van der Waals surface area contributed by atoms with Crippen molar-refractivity contribution < 1.29 is 14.1 Å². The molecule has 2 amide bonds. The van der Waals surface area contributed by atoms with Gasteiger partial charge in [-0.1, -0.05) is 48.8 Å². The molecule has 0 saturated heterocycles. The van der Waals surface area contributed by atoms with Crippen molar-refractivity contribution in [3.05, 3.63) is 71.1 Å². The minimum absolute atomic E-state index is 0.0747. The lowest BCUT2D eigenvalue weighted by Crippen LogP contribution is -2.49. The van der Waals surface area contributed by atoms with Gasteiger partial charge >= 0.3 is 0 Å². The van der Waals surface area contributed by atoms with E-state index < -0.39 is 11.9 Å². The van der Waals surface area contributed by atoms with Gasteiger partial charge in [0.2, 0.25) is 5.91 Å². The molecule has 1 atom stereocenters. The van der Waals surface area contributed by atoms with Crippen molar-refractivity contribution in [1.82, 2.24) is 20.8 Å². The molecule has 29 heavy (non-hydrogen) atoms. The lowest BCUT2D eigenvalue weighted by atomic mass is 10.0. The zero-order chi connectivity index (χ0) is 20.8. The number of halogens is 1. The van der Waals surface area contributed by atoms with E-state index in [0.717, 1.165) is 5.56 Å². The van der Waals surface area contributed by atoms with E-state index in [9.17, 15) is 9.59 Å². The standard InChI is InChI=1S/C21H21ClN4O3/c1-13(2)19(21(28)24-12-14-6-5-9-23-11-14)25-20(27)17-10-18(29-26-17)15-7-3-4-8-16(15)22/h3-11,13,19H,12H2,1-2H3,(H,24,28)(H,25,27). The predicted molar refractivity (Wildman–Crippen MR) is 109 cm³/mol. The number of amides is 2. The smallest absolute Gasteiger partial charge is 0.274 e. The summed E-state index contributed by atoms with van der Waals surface area (Å²) in [5.41, 5.74) is 1.58. The summed E-state index contributed by atoms with van der Waals surface area (Å²) in [6, 6.07) is 11.5. The first-order chi connectivity index (χ1) is 14.0. The number of hydrogen-bond donors (Lipinski definition) is 2. The molecule has 2 aromatic heterocycles. The van der Waals surface area contributed by atoms with Gasteiger partial charge in [0.25, 0.3) is 5.91 Å². The van der Waals surface area contributed by atoms with Crippen LogP contribution in [0.5, 0.6) is 0 Å². The average molecular weight is 413 g/mol. The van der Waals surface area contributed by atoms with Crippen LogP contribution in [0.4, 0.5) is 0 Å². The van der Waals surface area contributed by atoms with E-state index >= 15 is 0 Å². The number of nitrogens with one attached hydrogen (secondary N) is 2. The van der Waals surface area contributed by atoms with E-state index in [4.69, 9.17) is 16.1 Å². The molecule has 0 fully saturated rings. The highest BCUT2D eigenvalue weighted by Crippen LogP contribution is 2.27. The summed E-state index contributed by atoms with van der Waals surface area (Å²) in [7, 11) is 0. The van der Waals surface area contributed by atoms with Crippen molar-refractivity contribution in [2.45, 2.75) is 26.4 Å². The number of nitrogens with zero attached hydrogens (tertiary/aromatic N) is 2. The topological polar surface area (TPSA) is 97.1 Å². The third-order valence-electron chi connectivity index (χ3n) is 4.31. The molecule has 0 spiro atoms. The summed E-state index contributed by atoms with van der Waals surface area (Å²) < 4.78 is 5.26. The maximum atomic E-state index is 12.6. The summed E-state index contributed by atoms with van der Waals surface area (Å²) in [6.45, 7) is 4.03. The van der Waals surface area contributed by atoms with Crippen molar-refractivity contribution in [3.8, 4) is 11.3 Å². The van der Waals surface area contributed by atoms with E-state index in [1.165, 1.54) is 6.07 Å². The molecule has 2 N–H and O–H groups in total. The number of benzene rings is 1. The molecule has 0 bridgehead atoms. The Labute approximate surface area is 173 Å². The molecule has 2 heterocycles. The van der Waals surface area contributed by atoms with Crippen LogP contribution in [0.15, 0.2) is 59.4 Å². The molecule has 0 aliphatic carbocycles. The fraction of sp³-hybridized carbons (Fsp3) is 0.238. The summed E-state index contributed by atoms with van der Waals surface area (Å²) in [6.07, 6.45) is 3.34. The summed E-state index contributed by atoms with van der Waals surface area (Å²) in [5.74, 6) is -0.528. The van der Waals surface area contributed by atoms with Crippen LogP contribution in [0, 0.1) is 5.92 Å². The van der Waals surface area contributed by atoms with Crippen LogP contribution in [0.2, 0.25) is 5.02 Å². The number of carbonyl (C=O) groups excluding carboxylic acids is 2. The van der Waals surface area contributed by atoms with Gasteiger partial charge in [0.05, 0.1) is 5.02 Å². The van der Waals surface area contributed by atoms with Crippen LogP contribution in [0.25, 0.3) is 11.3 Å². The van der Waals surface area contributed by atoms with E-state index in [2.05, 4.69) is 20.8 Å². The van der Waals surface area contributed by atoms with E-state index in [1.54, 1.807) is 36.7 Å². The van der Waals surface area contributed by atoms with Crippen LogP contribution < -0.4 is 10.6 Å². The number of hydrogen-bond acceptors (Lipinski definition) is 5. The second-order valence-corrected chi connectivity index (χ2v) is 7.24. The van der Waals surface area contributed by atoms with Crippen LogP contribution in [0.1, 0.15) is 29.9 Å². The molecule has 7 nitrogen and oxygen atoms in total. The van der Waals surface area contributed by atoms with E-state index in [-0.39, 0.29) is 17.5 Å². The highest BCUT2D eigenvalue weighted by atomic mass is 35.5. The second kappa shape index (κ2) is 9.34. The molecule has 1 aromatic carbocycles. The molecular weight excluding hydrogens is 392 g/mol. The van der Waals surface area contributed by atoms with Gasteiger partial charge in [0, 0.05) is 30.6 Å². The number of carbonyl (C=O) groups is 2. The third kappa shape index (κ3) is 5.20. The molecule has 8 heteroatoms. The molecule has 3 rings (SSSR count). The van der Waals surface area contributed by atoms with Gasteiger partial charge in [-0.15, -0.1) is 0 Å². The first-order valence-electron chi connectivity index (χ1n) is 9.15. The molecule has 0 aliphatic rings. The SMILES string of the molecule is CC(C)C(NC(=O)c1cc(-c2ccccc2Cl)on1)C(=O)NCc1cccnc1. The molecule has 0 aliphatic heterocycles. The largest absolute Gasteiger partial charge is 0.355 e. The van der Waals surface area contributed by atoms with Gasteiger partial charge in [-0.3, -0.25) is 14.6 Å². The number of pyridine rings is 1. The van der Waals surface area contributed by atoms with Crippen LogP contribution in [-0.4, -0.2) is 28.0 Å². The van der Waals surface area contributed by atoms with Gasteiger partial charge in [0.15, 0.2) is 11.5 Å². The van der Waals surface area contributed by atoms with Crippen molar-refractivity contribution in [1.29, 1.82) is 0 Å². The van der Waals surface area contributed by atoms with Crippen molar-refractivity contribution in [2.24, 2.45) is 5.92 Å². The maximum Gasteiger partial charge on any atom is 0.274 e. The van der Waals surface area contributed by atoms with Gasteiger partial charge in [-0.25, -0.2) is 0 Å². The summed E-state index contributed by atoms with van der Waals surface area (Å²) in [5, 5.41) is 9.85. The second-order valence-electron chi connectivity index (χ2n) is 6.83. The first kappa shape index (κ1) is 20.5. The Morgan fingerprint density at radius 2 is 1.97 bits per heavy atom. The van der Waals surface area contributed by atoms with Gasteiger partial charge < -0.3 is 15.2 Å². The van der Waals surface area contributed by atoms with Crippen molar-refractivity contribution in [2.75, 3.05) is 0 Å². The average Bonchev–Trinajstić information content (AvgIpc) is 3.21. The Kier molecular flexibility index (Phi) is 6.61. The van der Waals surface area contributed by atoms with Crippen molar-refractivity contribution >= 4 is 23.4 Å². The Balaban J connectivity index is 1.67. The zero-order valence-corrected chi connectivity index (χ0v) is 16.8. The Morgan fingerprint density at radius 3 is 2.66 bits per heavy atom. The molecular formula is C21H21ClN4O3. The fourth-order valence-corrected chi connectivity index (χ4v) is 2.95. The van der Waals surface area contributed by atoms with E-state index in [1.807, 2.05) is 26.0 Å². The van der Waals surface area contributed by atoms with Gasteiger partial charge in [-0.2, -0.15) is 0 Å². The molecule has 1 unspecified atom stereocenters. The minimum Gasteiger partial charge on any atom is -0.355 e. The summed E-state index contributed by atoms with van der Waals surface area (Å²) >= 11 is 6.15. The Hall–Kier alpha value is -3.19. The lowest BCUT2D eigenvalue weighted by Gasteiger charge is -2.21. The van der Waals surface area contributed by atoms with Crippen LogP contribution in [0.3, 0.4) is 0 Å². The third-order valence-corrected chi connectivity index (χ3v) is 4.64. The Morgan fingerprint density at radius 1 is 1.17 bits per heavy atom. The summed E-state index contributed by atoms with van der Waals surface area (Å²) in [4.78, 5) is 29.2. The van der Waals surface area contributed by atoms with Crippen molar-refractivity contribution in [3.63, 3.8) is 0 Å². The highest BCUT2D eigenvalue weighted by Gasteiger charge is 2.26. The molecule has 0 saturated carbocycles. The molecule has 3 aromatic rings. The number of aromatic nitrogens is 2. The maximum absolute atomic E-state index is 12.6. The molecule has 0 radical (unpaired) electrons. The highest BCUT2D eigenvalue weighted by molar-refractivity contribution is 6.33. The lowest BCUT2D eigenvalue weighted by molar-refractivity contribution is -0.124.